The first-order valence-corrected chi connectivity index (χ1v) is 4.86. The van der Waals surface area contributed by atoms with Gasteiger partial charge in [0.25, 0.3) is 0 Å². The second-order valence-electron chi connectivity index (χ2n) is 3.86. The van der Waals surface area contributed by atoms with Crippen LogP contribution in [0, 0.1) is 6.92 Å². The molecule has 1 aromatic carbocycles. The van der Waals surface area contributed by atoms with Gasteiger partial charge in [0.1, 0.15) is 5.82 Å². The minimum absolute atomic E-state index is 0.205. The summed E-state index contributed by atoms with van der Waals surface area (Å²) in [6, 6.07) is 6.46. The molecule has 0 bridgehead atoms. The highest BCUT2D eigenvalue weighted by atomic mass is 14.9. The van der Waals surface area contributed by atoms with E-state index in [0.717, 1.165) is 23.3 Å². The van der Waals surface area contributed by atoms with Gasteiger partial charge < -0.3 is 10.7 Å². The van der Waals surface area contributed by atoms with Crippen molar-refractivity contribution >= 4 is 11.0 Å². The molecule has 0 aliphatic carbocycles. The molecule has 3 nitrogen and oxygen atoms in total. The van der Waals surface area contributed by atoms with Gasteiger partial charge in [-0.1, -0.05) is 6.07 Å². The Hall–Kier alpha value is -1.35. The van der Waals surface area contributed by atoms with Gasteiger partial charge in [0.15, 0.2) is 0 Å². The van der Waals surface area contributed by atoms with E-state index in [1.165, 1.54) is 5.56 Å². The third-order valence-corrected chi connectivity index (χ3v) is 2.22. The Balaban J connectivity index is 2.40. The summed E-state index contributed by atoms with van der Waals surface area (Å²) < 4.78 is 0. The summed E-state index contributed by atoms with van der Waals surface area (Å²) in [6.07, 6.45) is 0.911. The van der Waals surface area contributed by atoms with Crippen LogP contribution in [0.25, 0.3) is 11.0 Å². The second kappa shape index (κ2) is 3.42. The highest BCUT2D eigenvalue weighted by molar-refractivity contribution is 5.75. The summed E-state index contributed by atoms with van der Waals surface area (Å²) in [5, 5.41) is 0. The maximum atomic E-state index is 5.75. The maximum absolute atomic E-state index is 5.75. The van der Waals surface area contributed by atoms with Gasteiger partial charge in [0.2, 0.25) is 0 Å². The molecule has 1 atom stereocenters. The summed E-state index contributed by atoms with van der Waals surface area (Å²) in [7, 11) is 0. The number of imidazole rings is 1. The van der Waals surface area contributed by atoms with Crippen LogP contribution < -0.4 is 5.73 Å². The van der Waals surface area contributed by atoms with E-state index in [2.05, 4.69) is 22.1 Å². The molecular weight excluding hydrogens is 174 g/mol. The van der Waals surface area contributed by atoms with Crippen molar-refractivity contribution in [1.82, 2.24) is 9.97 Å². The monoisotopic (exact) mass is 189 g/mol. The number of nitrogens with two attached hydrogens (primary N) is 1. The Morgan fingerprint density at radius 1 is 1.50 bits per heavy atom. The second-order valence-corrected chi connectivity index (χ2v) is 3.86. The van der Waals surface area contributed by atoms with Crippen LogP contribution in [0.1, 0.15) is 18.3 Å². The molecule has 0 saturated carbocycles. The third-order valence-electron chi connectivity index (χ3n) is 2.22. The van der Waals surface area contributed by atoms with E-state index in [1.807, 2.05) is 19.9 Å². The summed E-state index contributed by atoms with van der Waals surface area (Å²) in [6.45, 7) is 3.98. The third kappa shape index (κ3) is 1.77. The number of benzene rings is 1. The van der Waals surface area contributed by atoms with Gasteiger partial charge in [0, 0.05) is 6.04 Å². The van der Waals surface area contributed by atoms with Gasteiger partial charge >= 0.3 is 0 Å². The van der Waals surface area contributed by atoms with Gasteiger partial charge in [-0.2, -0.15) is 0 Å². The topological polar surface area (TPSA) is 54.7 Å². The predicted molar refractivity (Wildman–Crippen MR) is 58.2 cm³/mol. The molecule has 74 valence electrons. The molecule has 0 spiro atoms. The molecule has 0 radical (unpaired) electrons. The van der Waals surface area contributed by atoms with Crippen molar-refractivity contribution in [2.24, 2.45) is 5.73 Å². The van der Waals surface area contributed by atoms with Crippen molar-refractivity contribution in [2.45, 2.75) is 26.3 Å². The van der Waals surface area contributed by atoms with Gasteiger partial charge in [-0.05, 0) is 38.0 Å². The molecule has 2 rings (SSSR count). The first kappa shape index (κ1) is 9.21. The van der Waals surface area contributed by atoms with Crippen molar-refractivity contribution in [1.29, 1.82) is 0 Å². The van der Waals surface area contributed by atoms with Crippen LogP contribution in [0.2, 0.25) is 0 Å². The summed E-state index contributed by atoms with van der Waals surface area (Å²) in [5.41, 5.74) is 9.13. The number of nitrogens with one attached hydrogen (secondary N) is 1. The van der Waals surface area contributed by atoms with Crippen LogP contribution in [0.3, 0.4) is 0 Å². The van der Waals surface area contributed by atoms with Crippen LogP contribution in [0.4, 0.5) is 0 Å². The molecule has 2 aromatic rings. The molecule has 1 unspecified atom stereocenters. The van der Waals surface area contributed by atoms with Crippen LogP contribution in [0.5, 0.6) is 0 Å². The molecule has 0 fully saturated rings. The van der Waals surface area contributed by atoms with E-state index in [0.29, 0.717) is 0 Å². The Labute approximate surface area is 83.3 Å². The molecule has 14 heavy (non-hydrogen) atoms. The number of rotatable bonds is 2. The van der Waals surface area contributed by atoms with E-state index in [-0.39, 0.29) is 6.04 Å². The lowest BCUT2D eigenvalue weighted by molar-refractivity contribution is 0.739. The van der Waals surface area contributed by atoms with Gasteiger partial charge in [-0.15, -0.1) is 0 Å². The van der Waals surface area contributed by atoms with Crippen molar-refractivity contribution in [3.05, 3.63) is 29.6 Å². The van der Waals surface area contributed by atoms with Gasteiger partial charge in [-0.25, -0.2) is 4.98 Å². The van der Waals surface area contributed by atoms with Crippen molar-refractivity contribution in [3.63, 3.8) is 0 Å². The Bertz CT molecular complexity index is 443. The number of hydrogen-bond acceptors (Lipinski definition) is 2. The highest BCUT2D eigenvalue weighted by Crippen LogP contribution is 2.14. The Morgan fingerprint density at radius 2 is 2.29 bits per heavy atom. The number of hydrogen-bond donors (Lipinski definition) is 2. The van der Waals surface area contributed by atoms with Crippen LogP contribution in [0.15, 0.2) is 18.2 Å². The molecule has 1 aromatic heterocycles. The van der Waals surface area contributed by atoms with Crippen LogP contribution in [-0.4, -0.2) is 16.0 Å². The van der Waals surface area contributed by atoms with E-state index >= 15 is 0 Å². The number of aromatic amines is 1. The van der Waals surface area contributed by atoms with Crippen molar-refractivity contribution in [3.8, 4) is 0 Å². The molecular formula is C11H15N3. The molecule has 1 heterocycles. The standard InChI is InChI=1S/C11H15N3/c1-7(12)5-9-3-4-10-11(6-9)14-8(2)13-10/h3-4,6-7H,5,12H2,1-2H3,(H,13,14). The average molecular weight is 189 g/mol. The first-order valence-electron chi connectivity index (χ1n) is 4.86. The fourth-order valence-electron chi connectivity index (χ4n) is 1.68. The van der Waals surface area contributed by atoms with Crippen LogP contribution >= 0.6 is 0 Å². The minimum Gasteiger partial charge on any atom is -0.342 e. The zero-order valence-electron chi connectivity index (χ0n) is 8.54. The van der Waals surface area contributed by atoms with Gasteiger partial charge in [0.05, 0.1) is 11.0 Å². The van der Waals surface area contributed by atoms with E-state index in [9.17, 15) is 0 Å². The Kier molecular flexibility index (Phi) is 2.25. The fraction of sp³-hybridized carbons (Fsp3) is 0.364. The molecule has 3 N–H and O–H groups in total. The summed E-state index contributed by atoms with van der Waals surface area (Å²) in [5.74, 6) is 0.956. The summed E-state index contributed by atoms with van der Waals surface area (Å²) >= 11 is 0. The zero-order chi connectivity index (χ0) is 10.1. The van der Waals surface area contributed by atoms with Gasteiger partial charge in [-0.3, -0.25) is 0 Å². The van der Waals surface area contributed by atoms with Crippen molar-refractivity contribution < 1.29 is 0 Å². The highest BCUT2D eigenvalue weighted by Gasteiger charge is 2.02. The average Bonchev–Trinajstić information content (AvgIpc) is 2.42. The van der Waals surface area contributed by atoms with Crippen molar-refractivity contribution in [2.75, 3.05) is 0 Å². The number of H-pyrrole nitrogens is 1. The van der Waals surface area contributed by atoms with E-state index < -0.39 is 0 Å². The molecule has 0 aliphatic heterocycles. The lowest BCUT2D eigenvalue weighted by Crippen LogP contribution is -2.17. The van der Waals surface area contributed by atoms with E-state index in [1.54, 1.807) is 0 Å². The normalized spacial score (nSPS) is 13.4. The Morgan fingerprint density at radius 3 is 3.00 bits per heavy atom. The molecule has 0 saturated heterocycles. The molecule has 3 heteroatoms. The molecule has 0 amide bonds. The predicted octanol–water partition coefficient (Wildman–Crippen LogP) is 1.76. The smallest absolute Gasteiger partial charge is 0.104 e. The molecule has 0 aliphatic rings. The number of aryl methyl sites for hydroxylation is 1. The number of nitrogens with zero attached hydrogens (tertiary/aromatic N) is 1. The van der Waals surface area contributed by atoms with E-state index in [4.69, 9.17) is 5.73 Å². The SMILES string of the molecule is Cc1nc2ccc(CC(C)N)cc2[nH]1. The quantitative estimate of drug-likeness (QED) is 0.756. The number of aromatic nitrogens is 2. The first-order chi connectivity index (χ1) is 6.65. The zero-order valence-corrected chi connectivity index (χ0v) is 8.54. The largest absolute Gasteiger partial charge is 0.342 e. The lowest BCUT2D eigenvalue weighted by Gasteiger charge is -2.04. The number of fused-ring (bicyclic) bond motifs is 1. The lowest BCUT2D eigenvalue weighted by atomic mass is 10.1. The minimum atomic E-state index is 0.205. The maximum Gasteiger partial charge on any atom is 0.104 e. The summed E-state index contributed by atoms with van der Waals surface area (Å²) in [4.78, 5) is 7.57. The van der Waals surface area contributed by atoms with Crippen LogP contribution in [-0.2, 0) is 6.42 Å². The fourth-order valence-corrected chi connectivity index (χ4v) is 1.68.